The summed E-state index contributed by atoms with van der Waals surface area (Å²) in [6.07, 6.45) is 2.64. The normalized spacial score (nSPS) is 10.4. The van der Waals surface area contributed by atoms with E-state index in [2.05, 4.69) is 21.4 Å². The highest BCUT2D eigenvalue weighted by molar-refractivity contribution is 5.60. The van der Waals surface area contributed by atoms with E-state index in [1.165, 1.54) is 5.56 Å². The third-order valence-corrected chi connectivity index (χ3v) is 3.95. The van der Waals surface area contributed by atoms with Crippen molar-refractivity contribution in [2.75, 3.05) is 25.6 Å². The van der Waals surface area contributed by atoms with E-state index in [4.69, 9.17) is 9.47 Å². The van der Waals surface area contributed by atoms with E-state index in [1.807, 2.05) is 55.5 Å². The van der Waals surface area contributed by atoms with Gasteiger partial charge in [-0.25, -0.2) is 9.97 Å². The van der Waals surface area contributed by atoms with Crippen molar-refractivity contribution in [3.8, 4) is 22.8 Å². The van der Waals surface area contributed by atoms with Crippen LogP contribution in [0, 0.1) is 0 Å². The van der Waals surface area contributed by atoms with Gasteiger partial charge in [-0.15, -0.1) is 0 Å². The Hall–Kier alpha value is -3.08. The SMILES string of the molecule is CCOc1ccc(-c2ccnc(NCCc3cccc(OC)c3)n2)cc1. The van der Waals surface area contributed by atoms with E-state index in [9.17, 15) is 0 Å². The summed E-state index contributed by atoms with van der Waals surface area (Å²) >= 11 is 0. The minimum atomic E-state index is 0.624. The van der Waals surface area contributed by atoms with Gasteiger partial charge in [-0.3, -0.25) is 0 Å². The number of nitrogens with zero attached hydrogens (tertiary/aromatic N) is 2. The van der Waals surface area contributed by atoms with E-state index >= 15 is 0 Å². The third-order valence-electron chi connectivity index (χ3n) is 3.95. The summed E-state index contributed by atoms with van der Waals surface area (Å²) in [7, 11) is 1.68. The molecule has 1 heterocycles. The highest BCUT2D eigenvalue weighted by Crippen LogP contribution is 2.21. The summed E-state index contributed by atoms with van der Waals surface area (Å²) in [6, 6.07) is 17.9. The molecule has 3 aromatic rings. The Morgan fingerprint density at radius 3 is 2.62 bits per heavy atom. The zero-order valence-electron chi connectivity index (χ0n) is 15.1. The van der Waals surface area contributed by atoms with Gasteiger partial charge in [-0.2, -0.15) is 0 Å². The minimum absolute atomic E-state index is 0.624. The summed E-state index contributed by atoms with van der Waals surface area (Å²) in [5.41, 5.74) is 3.12. The van der Waals surface area contributed by atoms with Crippen molar-refractivity contribution in [2.24, 2.45) is 0 Å². The first-order valence-corrected chi connectivity index (χ1v) is 8.71. The second-order valence-corrected chi connectivity index (χ2v) is 5.75. The zero-order valence-corrected chi connectivity index (χ0v) is 15.1. The molecule has 0 aliphatic rings. The van der Waals surface area contributed by atoms with Crippen molar-refractivity contribution in [1.29, 1.82) is 0 Å². The van der Waals surface area contributed by atoms with Gasteiger partial charge in [0.15, 0.2) is 0 Å². The minimum Gasteiger partial charge on any atom is -0.497 e. The molecule has 0 saturated carbocycles. The second-order valence-electron chi connectivity index (χ2n) is 5.75. The summed E-state index contributed by atoms with van der Waals surface area (Å²) in [5.74, 6) is 2.36. The predicted molar refractivity (Wildman–Crippen MR) is 104 cm³/mol. The molecule has 1 N–H and O–H groups in total. The zero-order chi connectivity index (χ0) is 18.2. The average Bonchev–Trinajstić information content (AvgIpc) is 2.69. The fourth-order valence-corrected chi connectivity index (χ4v) is 2.64. The number of rotatable bonds is 8. The molecule has 0 aliphatic carbocycles. The van der Waals surface area contributed by atoms with E-state index < -0.39 is 0 Å². The lowest BCUT2D eigenvalue weighted by atomic mass is 10.1. The van der Waals surface area contributed by atoms with Crippen LogP contribution in [-0.2, 0) is 6.42 Å². The largest absolute Gasteiger partial charge is 0.497 e. The number of hydrogen-bond acceptors (Lipinski definition) is 5. The standard InChI is InChI=1S/C21H23N3O2/c1-3-26-18-9-7-17(8-10-18)20-12-14-23-21(24-20)22-13-11-16-5-4-6-19(15-16)25-2/h4-10,12,14-15H,3,11,13H2,1-2H3,(H,22,23,24). The van der Waals surface area contributed by atoms with Crippen LogP contribution in [0.25, 0.3) is 11.3 Å². The van der Waals surface area contributed by atoms with Crippen LogP contribution in [0.1, 0.15) is 12.5 Å². The van der Waals surface area contributed by atoms with Crippen LogP contribution in [0.5, 0.6) is 11.5 Å². The molecule has 2 aromatic carbocycles. The molecule has 5 nitrogen and oxygen atoms in total. The van der Waals surface area contributed by atoms with Crippen LogP contribution in [0.4, 0.5) is 5.95 Å². The summed E-state index contributed by atoms with van der Waals surface area (Å²) < 4.78 is 10.7. The quantitative estimate of drug-likeness (QED) is 0.660. The van der Waals surface area contributed by atoms with Crippen LogP contribution >= 0.6 is 0 Å². The number of ether oxygens (including phenoxy) is 2. The molecule has 0 bridgehead atoms. The van der Waals surface area contributed by atoms with Gasteiger partial charge in [0, 0.05) is 18.3 Å². The van der Waals surface area contributed by atoms with Crippen LogP contribution in [0.3, 0.4) is 0 Å². The smallest absolute Gasteiger partial charge is 0.223 e. The summed E-state index contributed by atoms with van der Waals surface area (Å²) in [6.45, 7) is 3.38. The number of methoxy groups -OCH3 is 1. The fraction of sp³-hybridized carbons (Fsp3) is 0.238. The lowest BCUT2D eigenvalue weighted by Gasteiger charge is -2.08. The first kappa shape index (κ1) is 17.7. The molecule has 0 radical (unpaired) electrons. The monoisotopic (exact) mass is 349 g/mol. The van der Waals surface area contributed by atoms with E-state index in [0.29, 0.717) is 12.6 Å². The first-order valence-electron chi connectivity index (χ1n) is 8.71. The molecule has 26 heavy (non-hydrogen) atoms. The Kier molecular flexibility index (Phi) is 6.04. The van der Waals surface area contributed by atoms with Gasteiger partial charge in [-0.1, -0.05) is 12.1 Å². The molecule has 0 unspecified atom stereocenters. The predicted octanol–water partition coefficient (Wildman–Crippen LogP) is 4.21. The highest BCUT2D eigenvalue weighted by atomic mass is 16.5. The van der Waals surface area contributed by atoms with Crippen LogP contribution in [-0.4, -0.2) is 30.2 Å². The second kappa shape index (κ2) is 8.85. The molecule has 0 amide bonds. The van der Waals surface area contributed by atoms with Gasteiger partial charge < -0.3 is 14.8 Å². The molecule has 3 rings (SSSR count). The number of anilines is 1. The molecule has 5 heteroatoms. The highest BCUT2D eigenvalue weighted by Gasteiger charge is 2.03. The van der Waals surface area contributed by atoms with Crippen LogP contribution in [0.2, 0.25) is 0 Å². The van der Waals surface area contributed by atoms with Gasteiger partial charge in [0.2, 0.25) is 5.95 Å². The van der Waals surface area contributed by atoms with Gasteiger partial charge in [0.1, 0.15) is 11.5 Å². The Morgan fingerprint density at radius 1 is 1.00 bits per heavy atom. The number of nitrogens with one attached hydrogen (secondary N) is 1. The molecular formula is C21H23N3O2. The summed E-state index contributed by atoms with van der Waals surface area (Å²) in [5, 5.41) is 3.28. The number of hydrogen-bond donors (Lipinski definition) is 1. The molecule has 134 valence electrons. The maximum absolute atomic E-state index is 5.48. The topological polar surface area (TPSA) is 56.3 Å². The van der Waals surface area contributed by atoms with E-state index in [1.54, 1.807) is 13.3 Å². The Morgan fingerprint density at radius 2 is 1.85 bits per heavy atom. The molecule has 0 atom stereocenters. The van der Waals surface area contributed by atoms with Crippen molar-refractivity contribution < 1.29 is 9.47 Å². The molecule has 0 aliphatic heterocycles. The molecular weight excluding hydrogens is 326 g/mol. The van der Waals surface area contributed by atoms with E-state index in [0.717, 1.165) is 35.7 Å². The van der Waals surface area contributed by atoms with Crippen LogP contribution in [0.15, 0.2) is 60.8 Å². The molecule has 0 spiro atoms. The molecule has 0 fully saturated rings. The summed E-state index contributed by atoms with van der Waals surface area (Å²) in [4.78, 5) is 8.90. The maximum Gasteiger partial charge on any atom is 0.223 e. The van der Waals surface area contributed by atoms with Crippen molar-refractivity contribution in [3.63, 3.8) is 0 Å². The van der Waals surface area contributed by atoms with Gasteiger partial charge in [0.05, 0.1) is 19.4 Å². The maximum atomic E-state index is 5.48. The third kappa shape index (κ3) is 4.72. The van der Waals surface area contributed by atoms with Crippen molar-refractivity contribution in [2.45, 2.75) is 13.3 Å². The van der Waals surface area contributed by atoms with E-state index in [-0.39, 0.29) is 0 Å². The fourth-order valence-electron chi connectivity index (χ4n) is 2.64. The first-order chi connectivity index (χ1) is 12.8. The number of benzene rings is 2. The molecule has 1 aromatic heterocycles. The Bertz CT molecular complexity index is 835. The van der Waals surface area contributed by atoms with Crippen LogP contribution < -0.4 is 14.8 Å². The lowest BCUT2D eigenvalue weighted by Crippen LogP contribution is -2.08. The van der Waals surface area contributed by atoms with Gasteiger partial charge >= 0.3 is 0 Å². The van der Waals surface area contributed by atoms with Gasteiger partial charge in [0.25, 0.3) is 0 Å². The van der Waals surface area contributed by atoms with Crippen molar-refractivity contribution >= 4 is 5.95 Å². The molecule has 0 saturated heterocycles. The Labute approximate surface area is 154 Å². The van der Waals surface area contributed by atoms with Crippen molar-refractivity contribution in [1.82, 2.24) is 9.97 Å². The van der Waals surface area contributed by atoms with Gasteiger partial charge in [-0.05, 0) is 61.4 Å². The average molecular weight is 349 g/mol. The lowest BCUT2D eigenvalue weighted by molar-refractivity contribution is 0.340. The van der Waals surface area contributed by atoms with Crippen molar-refractivity contribution in [3.05, 3.63) is 66.4 Å². The Balaban J connectivity index is 1.61. The number of aromatic nitrogens is 2.